The highest BCUT2D eigenvalue weighted by Crippen LogP contribution is 2.32. The lowest BCUT2D eigenvalue weighted by molar-refractivity contribution is 0.0526. The van der Waals surface area contributed by atoms with Crippen molar-refractivity contribution in [2.24, 2.45) is 4.99 Å². The third-order valence-electron chi connectivity index (χ3n) is 6.56. The number of nitrogens with zero attached hydrogens (tertiary/aromatic N) is 3. The molecule has 1 aromatic carbocycles. The van der Waals surface area contributed by atoms with Gasteiger partial charge in [0, 0.05) is 43.4 Å². The van der Waals surface area contributed by atoms with Crippen molar-refractivity contribution in [1.29, 1.82) is 0 Å². The summed E-state index contributed by atoms with van der Waals surface area (Å²) in [5.41, 5.74) is 2.55. The monoisotopic (exact) mass is 381 g/mol. The van der Waals surface area contributed by atoms with E-state index in [2.05, 4.69) is 70.8 Å². The van der Waals surface area contributed by atoms with Gasteiger partial charge in [-0.3, -0.25) is 0 Å². The van der Waals surface area contributed by atoms with Crippen LogP contribution in [0.25, 0.3) is 0 Å². The fourth-order valence-corrected chi connectivity index (χ4v) is 4.92. The summed E-state index contributed by atoms with van der Waals surface area (Å²) in [6.07, 6.45) is 11.0. The average molecular weight is 382 g/mol. The Morgan fingerprint density at radius 2 is 1.75 bits per heavy atom. The molecular weight excluding hydrogens is 346 g/mol. The molecule has 152 valence electrons. The van der Waals surface area contributed by atoms with Crippen molar-refractivity contribution < 1.29 is 0 Å². The fraction of sp³-hybridized carbons (Fsp3) is 0.609. The highest BCUT2D eigenvalue weighted by Gasteiger charge is 2.36. The van der Waals surface area contributed by atoms with Gasteiger partial charge in [0.2, 0.25) is 0 Å². The Kier molecular flexibility index (Phi) is 6.20. The third kappa shape index (κ3) is 4.52. The summed E-state index contributed by atoms with van der Waals surface area (Å²) in [4.78, 5) is 9.86. The van der Waals surface area contributed by atoms with E-state index in [1.54, 1.807) is 0 Å². The van der Waals surface area contributed by atoms with Crippen molar-refractivity contribution in [3.8, 4) is 0 Å². The Morgan fingerprint density at radius 1 is 1.07 bits per heavy atom. The molecule has 4 rings (SSSR count). The quantitative estimate of drug-likeness (QED) is 0.467. The summed E-state index contributed by atoms with van der Waals surface area (Å²) in [5, 5.41) is 7.17. The minimum absolute atomic E-state index is 0.536. The smallest absolute Gasteiger partial charge is 0.191 e. The maximum absolute atomic E-state index is 4.87. The summed E-state index contributed by atoms with van der Waals surface area (Å²) in [6.45, 7) is 5.79. The Bertz CT molecular complexity index is 673. The van der Waals surface area contributed by atoms with Gasteiger partial charge in [0.25, 0.3) is 0 Å². The molecule has 0 saturated carbocycles. The lowest BCUT2D eigenvalue weighted by atomic mass is 9.82. The fourth-order valence-electron chi connectivity index (χ4n) is 4.92. The molecule has 2 N–H and O–H groups in total. The number of aliphatic imine (C=N–C) groups is 1. The van der Waals surface area contributed by atoms with Crippen LogP contribution >= 0.6 is 0 Å². The SMILES string of the molecule is CCNC(=NCc1ccc(N2CC=CC2)cc1)NC1CC2CCCC(C1)N2C. The zero-order valence-electron chi connectivity index (χ0n) is 17.4. The molecule has 5 nitrogen and oxygen atoms in total. The molecule has 3 heterocycles. The summed E-state index contributed by atoms with van der Waals surface area (Å²) < 4.78 is 0. The van der Waals surface area contributed by atoms with Crippen LogP contribution in [-0.2, 0) is 6.54 Å². The first-order chi connectivity index (χ1) is 13.7. The first-order valence-electron chi connectivity index (χ1n) is 11.0. The zero-order valence-corrected chi connectivity index (χ0v) is 17.4. The normalized spacial score (nSPS) is 27.9. The summed E-state index contributed by atoms with van der Waals surface area (Å²) in [6, 6.07) is 10.9. The maximum Gasteiger partial charge on any atom is 0.191 e. The number of guanidine groups is 1. The van der Waals surface area contributed by atoms with Gasteiger partial charge in [0.15, 0.2) is 5.96 Å². The van der Waals surface area contributed by atoms with Gasteiger partial charge in [-0.1, -0.05) is 30.7 Å². The molecule has 0 aromatic heterocycles. The summed E-state index contributed by atoms with van der Waals surface area (Å²) in [7, 11) is 2.31. The standard InChI is InChI=1S/C23H35N5/c1-3-24-23(26-19-15-21-7-6-8-22(16-19)27(21)2)25-17-18-9-11-20(12-10-18)28-13-4-5-14-28/h4-5,9-12,19,21-22H,3,6-8,13-17H2,1-2H3,(H2,24,25,26). The van der Waals surface area contributed by atoms with Crippen LogP contribution in [0.1, 0.15) is 44.6 Å². The van der Waals surface area contributed by atoms with E-state index in [9.17, 15) is 0 Å². The van der Waals surface area contributed by atoms with Crippen LogP contribution in [0.3, 0.4) is 0 Å². The van der Waals surface area contributed by atoms with Gasteiger partial charge in [-0.25, -0.2) is 4.99 Å². The summed E-state index contributed by atoms with van der Waals surface area (Å²) in [5.74, 6) is 0.961. The topological polar surface area (TPSA) is 42.9 Å². The molecule has 2 fully saturated rings. The van der Waals surface area contributed by atoms with Crippen LogP contribution in [0.5, 0.6) is 0 Å². The van der Waals surface area contributed by atoms with Gasteiger partial charge < -0.3 is 20.4 Å². The van der Waals surface area contributed by atoms with Gasteiger partial charge in [0.05, 0.1) is 6.54 Å². The van der Waals surface area contributed by atoms with E-state index in [4.69, 9.17) is 4.99 Å². The molecule has 0 radical (unpaired) electrons. The molecule has 0 spiro atoms. The third-order valence-corrected chi connectivity index (χ3v) is 6.56. The lowest BCUT2D eigenvalue weighted by Crippen LogP contribution is -2.56. The van der Waals surface area contributed by atoms with E-state index in [1.165, 1.54) is 43.4 Å². The number of rotatable bonds is 5. The molecule has 2 atom stereocenters. The zero-order chi connectivity index (χ0) is 19.3. The molecule has 0 amide bonds. The number of anilines is 1. The Labute approximate surface area is 169 Å². The van der Waals surface area contributed by atoms with Crippen molar-refractivity contribution in [1.82, 2.24) is 15.5 Å². The number of nitrogens with one attached hydrogen (secondary N) is 2. The number of benzene rings is 1. The van der Waals surface area contributed by atoms with Crippen LogP contribution in [0.2, 0.25) is 0 Å². The largest absolute Gasteiger partial charge is 0.364 e. The van der Waals surface area contributed by atoms with Gasteiger partial charge >= 0.3 is 0 Å². The predicted octanol–water partition coefficient (Wildman–Crippen LogP) is 3.13. The van der Waals surface area contributed by atoms with Crippen molar-refractivity contribution >= 4 is 11.6 Å². The molecular formula is C23H35N5. The maximum atomic E-state index is 4.87. The second kappa shape index (κ2) is 8.99. The van der Waals surface area contributed by atoms with Gasteiger partial charge in [-0.05, 0) is 57.4 Å². The summed E-state index contributed by atoms with van der Waals surface area (Å²) >= 11 is 0. The Morgan fingerprint density at radius 3 is 2.39 bits per heavy atom. The van der Waals surface area contributed by atoms with Crippen LogP contribution in [0, 0.1) is 0 Å². The Balaban J connectivity index is 1.35. The molecule has 0 aliphatic carbocycles. The van der Waals surface area contributed by atoms with E-state index < -0.39 is 0 Å². The van der Waals surface area contributed by atoms with Crippen molar-refractivity contribution in [2.75, 3.05) is 31.6 Å². The molecule has 2 bridgehead atoms. The number of piperidine rings is 2. The molecule has 1 aromatic rings. The van der Waals surface area contributed by atoms with Crippen LogP contribution in [0.4, 0.5) is 5.69 Å². The highest BCUT2D eigenvalue weighted by atomic mass is 15.2. The van der Waals surface area contributed by atoms with Gasteiger partial charge in [-0.15, -0.1) is 0 Å². The number of hydrogen-bond acceptors (Lipinski definition) is 3. The van der Waals surface area contributed by atoms with E-state index in [1.807, 2.05) is 0 Å². The molecule has 2 saturated heterocycles. The van der Waals surface area contributed by atoms with Gasteiger partial charge in [-0.2, -0.15) is 0 Å². The van der Waals surface area contributed by atoms with Crippen molar-refractivity contribution in [3.63, 3.8) is 0 Å². The van der Waals surface area contributed by atoms with Crippen molar-refractivity contribution in [2.45, 2.75) is 63.7 Å². The van der Waals surface area contributed by atoms with E-state index in [-0.39, 0.29) is 0 Å². The van der Waals surface area contributed by atoms with Crippen LogP contribution < -0.4 is 15.5 Å². The molecule has 2 unspecified atom stereocenters. The second-order valence-electron chi connectivity index (χ2n) is 8.45. The first kappa shape index (κ1) is 19.3. The van der Waals surface area contributed by atoms with Gasteiger partial charge in [0.1, 0.15) is 0 Å². The van der Waals surface area contributed by atoms with E-state index in [0.29, 0.717) is 12.6 Å². The van der Waals surface area contributed by atoms with Crippen LogP contribution in [-0.4, -0.2) is 55.7 Å². The second-order valence-corrected chi connectivity index (χ2v) is 8.45. The average Bonchev–Trinajstić information content (AvgIpc) is 3.22. The van der Waals surface area contributed by atoms with E-state index in [0.717, 1.165) is 37.7 Å². The Hall–Kier alpha value is -2.01. The minimum Gasteiger partial charge on any atom is -0.364 e. The highest BCUT2D eigenvalue weighted by molar-refractivity contribution is 5.80. The van der Waals surface area contributed by atoms with Crippen molar-refractivity contribution in [3.05, 3.63) is 42.0 Å². The molecule has 3 aliphatic rings. The number of hydrogen-bond donors (Lipinski definition) is 2. The van der Waals surface area contributed by atoms with Crippen LogP contribution in [0.15, 0.2) is 41.4 Å². The predicted molar refractivity (Wildman–Crippen MR) is 118 cm³/mol. The van der Waals surface area contributed by atoms with E-state index >= 15 is 0 Å². The first-order valence-corrected chi connectivity index (χ1v) is 11.0. The number of fused-ring (bicyclic) bond motifs is 2. The minimum atomic E-state index is 0.536. The molecule has 5 heteroatoms. The molecule has 28 heavy (non-hydrogen) atoms. The lowest BCUT2D eigenvalue weighted by Gasteiger charge is -2.47. The molecule has 3 aliphatic heterocycles.